The van der Waals surface area contributed by atoms with Crippen LogP contribution < -0.4 is 10.9 Å². The monoisotopic (exact) mass is 298 g/mol. The van der Waals surface area contributed by atoms with Crippen molar-refractivity contribution in [3.8, 4) is 0 Å². The molecule has 0 amide bonds. The summed E-state index contributed by atoms with van der Waals surface area (Å²) in [4.78, 5) is 15.4. The minimum absolute atomic E-state index is 0.0374. The summed E-state index contributed by atoms with van der Waals surface area (Å²) in [5.74, 6) is 0.706. The van der Waals surface area contributed by atoms with Gasteiger partial charge < -0.3 is 10.3 Å². The Morgan fingerprint density at radius 3 is 2.73 bits per heavy atom. The van der Waals surface area contributed by atoms with Gasteiger partial charge in [0.1, 0.15) is 0 Å². The quantitative estimate of drug-likeness (QED) is 0.905. The van der Waals surface area contributed by atoms with Crippen LogP contribution in [-0.2, 0) is 6.54 Å². The highest BCUT2D eigenvalue weighted by Crippen LogP contribution is 2.24. The Morgan fingerprint density at radius 1 is 1.18 bits per heavy atom. The average molecular weight is 298 g/mol. The number of aromatic nitrogens is 1. The lowest BCUT2D eigenvalue weighted by molar-refractivity contribution is 0.279. The zero-order chi connectivity index (χ0) is 15.7. The Bertz CT molecular complexity index is 732. The average Bonchev–Trinajstić information content (AvgIpc) is 2.47. The normalized spacial score (nSPS) is 22.1. The van der Waals surface area contributed by atoms with E-state index in [1.54, 1.807) is 0 Å². The molecule has 3 heteroatoms. The molecular weight excluding hydrogens is 272 g/mol. The van der Waals surface area contributed by atoms with Crippen LogP contribution in [0.5, 0.6) is 0 Å². The molecule has 1 aliphatic carbocycles. The molecule has 2 aromatic rings. The summed E-state index contributed by atoms with van der Waals surface area (Å²) in [5.41, 5.74) is 4.21. The van der Waals surface area contributed by atoms with Crippen LogP contribution in [0.15, 0.2) is 23.0 Å². The van der Waals surface area contributed by atoms with Crippen LogP contribution in [0.25, 0.3) is 10.9 Å². The number of benzene rings is 1. The standard InChI is InChI=1S/C19H26N2O/c1-12-8-14(3)18-15(9-12)10-16(19(22)21-18)11-20-17-7-5-4-6-13(17)2/h8-10,13,17,20H,4-7,11H2,1-3H3,(H,21,22)/t13-,17-/m1/s1. The second-order valence-corrected chi connectivity index (χ2v) is 6.92. The number of H-pyrrole nitrogens is 1. The van der Waals surface area contributed by atoms with E-state index in [1.807, 2.05) is 6.92 Å². The van der Waals surface area contributed by atoms with E-state index in [-0.39, 0.29) is 5.56 Å². The summed E-state index contributed by atoms with van der Waals surface area (Å²) >= 11 is 0. The van der Waals surface area contributed by atoms with Crippen molar-refractivity contribution in [2.75, 3.05) is 0 Å². The van der Waals surface area contributed by atoms with E-state index in [9.17, 15) is 4.79 Å². The van der Waals surface area contributed by atoms with Gasteiger partial charge in [-0.2, -0.15) is 0 Å². The summed E-state index contributed by atoms with van der Waals surface area (Å²) in [6.07, 6.45) is 5.16. The van der Waals surface area contributed by atoms with Crippen LogP contribution in [0.1, 0.15) is 49.3 Å². The predicted octanol–water partition coefficient (Wildman–Crippen LogP) is 3.81. The summed E-state index contributed by atoms with van der Waals surface area (Å²) < 4.78 is 0. The minimum atomic E-state index is 0.0374. The molecule has 1 saturated carbocycles. The first-order chi connectivity index (χ1) is 10.5. The second-order valence-electron chi connectivity index (χ2n) is 6.92. The molecule has 22 heavy (non-hydrogen) atoms. The number of hydrogen-bond acceptors (Lipinski definition) is 2. The highest BCUT2D eigenvalue weighted by molar-refractivity contribution is 5.82. The van der Waals surface area contributed by atoms with Crippen LogP contribution >= 0.6 is 0 Å². The van der Waals surface area contributed by atoms with Crippen molar-refractivity contribution >= 4 is 10.9 Å². The predicted molar refractivity (Wildman–Crippen MR) is 92.3 cm³/mol. The second kappa shape index (κ2) is 6.25. The van der Waals surface area contributed by atoms with Gasteiger partial charge in [0.05, 0.1) is 5.52 Å². The largest absolute Gasteiger partial charge is 0.321 e. The first kappa shape index (κ1) is 15.3. The highest BCUT2D eigenvalue weighted by atomic mass is 16.1. The molecule has 0 unspecified atom stereocenters. The number of fused-ring (bicyclic) bond motifs is 1. The third-order valence-electron chi connectivity index (χ3n) is 5.04. The lowest BCUT2D eigenvalue weighted by atomic mass is 9.86. The fourth-order valence-corrected chi connectivity index (χ4v) is 3.72. The molecule has 1 aromatic heterocycles. The first-order valence-electron chi connectivity index (χ1n) is 8.41. The summed E-state index contributed by atoms with van der Waals surface area (Å²) in [6.45, 7) is 7.12. The Kier molecular flexibility index (Phi) is 4.34. The van der Waals surface area contributed by atoms with Gasteiger partial charge >= 0.3 is 0 Å². The van der Waals surface area contributed by atoms with Gasteiger partial charge in [0.15, 0.2) is 0 Å². The SMILES string of the molecule is Cc1cc(C)c2[nH]c(=O)c(CN[C@@H]3CCCC[C@H]3C)cc2c1. The molecule has 0 bridgehead atoms. The number of aryl methyl sites for hydroxylation is 2. The first-order valence-corrected chi connectivity index (χ1v) is 8.41. The van der Waals surface area contributed by atoms with Gasteiger partial charge in [0, 0.05) is 18.2 Å². The molecule has 1 heterocycles. The van der Waals surface area contributed by atoms with E-state index >= 15 is 0 Å². The molecule has 1 aromatic carbocycles. The van der Waals surface area contributed by atoms with E-state index in [1.165, 1.54) is 31.2 Å². The molecule has 0 radical (unpaired) electrons. The van der Waals surface area contributed by atoms with Crippen molar-refractivity contribution < 1.29 is 0 Å². The molecule has 3 rings (SSSR count). The Hall–Kier alpha value is -1.61. The molecule has 2 atom stereocenters. The molecule has 1 fully saturated rings. The van der Waals surface area contributed by atoms with E-state index in [2.05, 4.69) is 42.3 Å². The van der Waals surface area contributed by atoms with E-state index in [0.29, 0.717) is 18.5 Å². The maximum absolute atomic E-state index is 12.3. The molecule has 0 aliphatic heterocycles. The van der Waals surface area contributed by atoms with Gasteiger partial charge in [-0.25, -0.2) is 0 Å². The summed E-state index contributed by atoms with van der Waals surface area (Å²) in [7, 11) is 0. The Morgan fingerprint density at radius 2 is 1.95 bits per heavy atom. The fourth-order valence-electron chi connectivity index (χ4n) is 3.72. The lowest BCUT2D eigenvalue weighted by Gasteiger charge is -2.29. The number of nitrogens with one attached hydrogen (secondary N) is 2. The van der Waals surface area contributed by atoms with Crippen LogP contribution in [0, 0.1) is 19.8 Å². The van der Waals surface area contributed by atoms with Gasteiger partial charge in [-0.15, -0.1) is 0 Å². The Balaban J connectivity index is 1.84. The van der Waals surface area contributed by atoms with Crippen molar-refractivity contribution in [2.45, 2.75) is 59.0 Å². The van der Waals surface area contributed by atoms with Crippen molar-refractivity contribution in [3.63, 3.8) is 0 Å². The molecular formula is C19H26N2O. The Labute approximate surface area is 132 Å². The molecule has 0 saturated heterocycles. The molecule has 1 aliphatic rings. The number of pyridine rings is 1. The zero-order valence-electron chi connectivity index (χ0n) is 13.8. The fraction of sp³-hybridized carbons (Fsp3) is 0.526. The highest BCUT2D eigenvalue weighted by Gasteiger charge is 2.20. The van der Waals surface area contributed by atoms with Crippen molar-refractivity contribution in [1.82, 2.24) is 10.3 Å². The van der Waals surface area contributed by atoms with Crippen LogP contribution in [0.4, 0.5) is 0 Å². The third-order valence-corrected chi connectivity index (χ3v) is 5.04. The van der Waals surface area contributed by atoms with Crippen molar-refractivity contribution in [3.05, 3.63) is 45.2 Å². The van der Waals surface area contributed by atoms with Crippen LogP contribution in [0.3, 0.4) is 0 Å². The van der Waals surface area contributed by atoms with Gasteiger partial charge in [0.25, 0.3) is 5.56 Å². The van der Waals surface area contributed by atoms with Gasteiger partial charge in [-0.1, -0.05) is 31.4 Å². The van der Waals surface area contributed by atoms with Crippen LogP contribution in [-0.4, -0.2) is 11.0 Å². The molecule has 2 N–H and O–H groups in total. The third kappa shape index (κ3) is 3.09. The summed E-state index contributed by atoms with van der Waals surface area (Å²) in [6, 6.07) is 6.85. The maximum Gasteiger partial charge on any atom is 0.252 e. The maximum atomic E-state index is 12.3. The number of hydrogen-bond donors (Lipinski definition) is 2. The van der Waals surface area contributed by atoms with Crippen molar-refractivity contribution in [1.29, 1.82) is 0 Å². The van der Waals surface area contributed by atoms with E-state index in [0.717, 1.165) is 22.0 Å². The molecule has 3 nitrogen and oxygen atoms in total. The van der Waals surface area contributed by atoms with Gasteiger partial charge in [-0.3, -0.25) is 4.79 Å². The lowest BCUT2D eigenvalue weighted by Crippen LogP contribution is -2.37. The topological polar surface area (TPSA) is 44.9 Å². The number of aromatic amines is 1. The van der Waals surface area contributed by atoms with Gasteiger partial charge in [-0.05, 0) is 55.7 Å². The molecule has 118 valence electrons. The van der Waals surface area contributed by atoms with Crippen molar-refractivity contribution in [2.24, 2.45) is 5.92 Å². The van der Waals surface area contributed by atoms with E-state index < -0.39 is 0 Å². The summed E-state index contributed by atoms with van der Waals surface area (Å²) in [5, 5.41) is 4.73. The van der Waals surface area contributed by atoms with Crippen LogP contribution in [0.2, 0.25) is 0 Å². The van der Waals surface area contributed by atoms with Gasteiger partial charge in [0.2, 0.25) is 0 Å². The minimum Gasteiger partial charge on any atom is -0.321 e. The van der Waals surface area contributed by atoms with E-state index in [4.69, 9.17) is 0 Å². The zero-order valence-corrected chi connectivity index (χ0v) is 13.8. The molecule has 0 spiro atoms. The number of rotatable bonds is 3. The smallest absolute Gasteiger partial charge is 0.252 e.